The molecule has 2 N–H and O–H groups in total. The van der Waals surface area contributed by atoms with Crippen molar-refractivity contribution >= 4 is 23.5 Å². The van der Waals surface area contributed by atoms with E-state index in [2.05, 4.69) is 0 Å². The molecule has 0 radical (unpaired) electrons. The minimum atomic E-state index is -5.11. The molecule has 0 bridgehead atoms. The summed E-state index contributed by atoms with van der Waals surface area (Å²) in [4.78, 5) is 35.5. The number of benzene rings is 1. The lowest BCUT2D eigenvalue weighted by Gasteiger charge is -2.21. The number of hydrogen-bond donors (Lipinski definition) is 2. The van der Waals surface area contributed by atoms with Gasteiger partial charge < -0.3 is 15.2 Å². The molecule has 9 heteroatoms. The molecule has 1 aliphatic heterocycles. The molecule has 1 saturated carbocycles. The third-order valence-corrected chi connectivity index (χ3v) is 6.13. The molecule has 1 heterocycles. The van der Waals surface area contributed by atoms with Gasteiger partial charge in [0.15, 0.2) is 0 Å². The molecule has 3 rings (SSSR count). The number of esters is 1. The predicted molar refractivity (Wildman–Crippen MR) is 110 cm³/mol. The molecular formula is C23H26F3NO5. The summed E-state index contributed by atoms with van der Waals surface area (Å²) >= 11 is 0. The molecule has 6 nitrogen and oxygen atoms in total. The number of carbonyl (C=O) groups is 3. The number of rotatable bonds is 8. The van der Waals surface area contributed by atoms with Gasteiger partial charge in [-0.3, -0.25) is 9.59 Å². The Morgan fingerprint density at radius 2 is 1.97 bits per heavy atom. The van der Waals surface area contributed by atoms with Gasteiger partial charge in [-0.2, -0.15) is 13.2 Å². The molecule has 1 aliphatic carbocycles. The first-order valence-corrected chi connectivity index (χ1v) is 10.6. The maximum Gasteiger partial charge on any atom is 0.471 e. The van der Waals surface area contributed by atoms with Crippen LogP contribution < -0.4 is 5.32 Å². The number of carbonyl (C=O) groups excluding carboxylic acids is 2. The lowest BCUT2D eigenvalue weighted by atomic mass is 9.86. The van der Waals surface area contributed by atoms with E-state index < -0.39 is 29.9 Å². The van der Waals surface area contributed by atoms with Crippen LogP contribution in [0.1, 0.15) is 78.1 Å². The lowest BCUT2D eigenvalue weighted by molar-refractivity contribution is -0.167. The largest absolute Gasteiger partial charge is 0.481 e. The average Bonchev–Trinajstić information content (AvgIpc) is 3.46. The van der Waals surface area contributed by atoms with E-state index in [1.165, 1.54) is 0 Å². The number of cyclic esters (lactones) is 1. The molecule has 1 fully saturated rings. The summed E-state index contributed by atoms with van der Waals surface area (Å²) in [6, 6.07) is 0. The van der Waals surface area contributed by atoms with E-state index in [0.29, 0.717) is 24.0 Å². The van der Waals surface area contributed by atoms with Crippen LogP contribution in [0.3, 0.4) is 0 Å². The maximum absolute atomic E-state index is 13.0. The first kappa shape index (κ1) is 23.8. The lowest BCUT2D eigenvalue weighted by Crippen LogP contribution is -2.31. The van der Waals surface area contributed by atoms with Crippen LogP contribution in [0.5, 0.6) is 0 Å². The number of nitrogens with one attached hydrogen (secondary N) is 1. The van der Waals surface area contributed by atoms with Crippen molar-refractivity contribution in [3.8, 4) is 0 Å². The van der Waals surface area contributed by atoms with Crippen LogP contribution in [-0.2, 0) is 27.4 Å². The normalized spacial score (nSPS) is 17.1. The number of fused-ring (bicyclic) bond motifs is 1. The van der Waals surface area contributed by atoms with Gasteiger partial charge in [0.1, 0.15) is 6.61 Å². The highest BCUT2D eigenvalue weighted by Gasteiger charge is 2.42. The summed E-state index contributed by atoms with van der Waals surface area (Å²) < 4.78 is 44.2. The van der Waals surface area contributed by atoms with Crippen LogP contribution in [-0.4, -0.2) is 29.1 Å². The molecule has 32 heavy (non-hydrogen) atoms. The Hall–Kier alpha value is -2.84. The fourth-order valence-corrected chi connectivity index (χ4v) is 4.24. The number of anilines is 1. The van der Waals surface area contributed by atoms with E-state index in [-0.39, 0.29) is 30.2 Å². The summed E-state index contributed by atoms with van der Waals surface area (Å²) in [6.45, 7) is 5.32. The van der Waals surface area contributed by atoms with E-state index in [1.54, 1.807) is 19.9 Å². The third-order valence-electron chi connectivity index (χ3n) is 6.13. The molecule has 1 aromatic rings. The first-order valence-electron chi connectivity index (χ1n) is 10.6. The van der Waals surface area contributed by atoms with Gasteiger partial charge in [0.25, 0.3) is 0 Å². The zero-order valence-corrected chi connectivity index (χ0v) is 18.2. The zero-order chi connectivity index (χ0) is 23.8. The molecule has 0 spiro atoms. The monoisotopic (exact) mass is 453 g/mol. The summed E-state index contributed by atoms with van der Waals surface area (Å²) in [6.07, 6.45) is -0.684. The van der Waals surface area contributed by atoms with E-state index in [0.717, 1.165) is 29.5 Å². The summed E-state index contributed by atoms with van der Waals surface area (Å²) in [5.41, 5.74) is 3.22. The van der Waals surface area contributed by atoms with Crippen molar-refractivity contribution in [2.45, 2.75) is 71.6 Å². The topological polar surface area (TPSA) is 92.7 Å². The van der Waals surface area contributed by atoms with Gasteiger partial charge in [0.2, 0.25) is 0 Å². The summed E-state index contributed by atoms with van der Waals surface area (Å²) in [5.74, 6) is -4.24. The predicted octanol–water partition coefficient (Wildman–Crippen LogP) is 5.03. The summed E-state index contributed by atoms with van der Waals surface area (Å²) in [7, 11) is 0. The Labute approximate surface area is 183 Å². The van der Waals surface area contributed by atoms with Crippen molar-refractivity contribution in [2.24, 2.45) is 5.92 Å². The molecule has 0 saturated heterocycles. The number of hydrogen-bond acceptors (Lipinski definition) is 4. The number of halogens is 3. The van der Waals surface area contributed by atoms with Crippen molar-refractivity contribution in [2.75, 3.05) is 5.32 Å². The number of allylic oxidation sites excluding steroid dienone is 2. The highest BCUT2D eigenvalue weighted by atomic mass is 19.4. The van der Waals surface area contributed by atoms with Crippen molar-refractivity contribution < 1.29 is 37.4 Å². The van der Waals surface area contributed by atoms with Gasteiger partial charge in [0.05, 0.1) is 17.2 Å². The van der Waals surface area contributed by atoms with E-state index in [9.17, 15) is 32.7 Å². The quantitative estimate of drug-likeness (QED) is 0.425. The van der Waals surface area contributed by atoms with Gasteiger partial charge in [0, 0.05) is 5.56 Å². The highest BCUT2D eigenvalue weighted by molar-refractivity contribution is 6.06. The van der Waals surface area contributed by atoms with Crippen LogP contribution in [0.4, 0.5) is 18.9 Å². The van der Waals surface area contributed by atoms with Crippen molar-refractivity contribution in [1.82, 2.24) is 0 Å². The molecule has 174 valence electrons. The Balaban J connectivity index is 2.09. The number of carboxylic acids is 1. The van der Waals surface area contributed by atoms with Crippen LogP contribution >= 0.6 is 0 Å². The molecular weight excluding hydrogens is 427 g/mol. The van der Waals surface area contributed by atoms with Gasteiger partial charge in [-0.25, -0.2) is 4.79 Å². The average molecular weight is 453 g/mol. The van der Waals surface area contributed by atoms with Crippen molar-refractivity contribution in [3.63, 3.8) is 0 Å². The number of carboxylic acid groups (broad SMARTS) is 1. The van der Waals surface area contributed by atoms with Gasteiger partial charge in [-0.1, -0.05) is 18.6 Å². The van der Waals surface area contributed by atoms with Gasteiger partial charge >= 0.3 is 24.0 Å². The highest BCUT2D eigenvalue weighted by Crippen LogP contribution is 2.49. The Morgan fingerprint density at radius 3 is 2.50 bits per heavy atom. The SMILES string of the molecule is CC[C@@H](CC(C)=CCc1c(NC(=O)C(F)(F)F)c2c(c(C)c1C1CC1)COC2=O)C(=O)O. The zero-order valence-electron chi connectivity index (χ0n) is 18.2. The molecule has 1 atom stereocenters. The summed E-state index contributed by atoms with van der Waals surface area (Å²) in [5, 5.41) is 11.2. The van der Waals surface area contributed by atoms with Gasteiger partial charge in [-0.05, 0) is 68.6 Å². The molecule has 1 amide bonds. The standard InChI is InChI=1S/C23H26F3NO5/c1-4-13(20(28)29)9-11(2)5-8-15-17(14-6-7-14)12(3)16-10-32-21(30)18(16)19(15)27-22(31)23(24,25)26/h5,13-14H,4,6-10H2,1-3H3,(H,27,31)(H,28,29)/t13-/m0/s1. The second-order valence-corrected chi connectivity index (χ2v) is 8.45. The maximum atomic E-state index is 13.0. The van der Waals surface area contributed by atoms with E-state index >= 15 is 0 Å². The molecule has 2 aliphatic rings. The Morgan fingerprint density at radius 1 is 1.31 bits per heavy atom. The second kappa shape index (κ2) is 8.96. The molecule has 0 unspecified atom stereocenters. The van der Waals surface area contributed by atoms with Crippen LogP contribution in [0, 0.1) is 12.8 Å². The number of ether oxygens (including phenoxy) is 1. The third kappa shape index (κ3) is 4.81. The number of alkyl halides is 3. The Bertz CT molecular complexity index is 993. The second-order valence-electron chi connectivity index (χ2n) is 8.45. The minimum Gasteiger partial charge on any atom is -0.481 e. The fraction of sp³-hybridized carbons (Fsp3) is 0.522. The smallest absolute Gasteiger partial charge is 0.471 e. The van der Waals surface area contributed by atoms with Gasteiger partial charge in [-0.15, -0.1) is 0 Å². The van der Waals surface area contributed by atoms with E-state index in [4.69, 9.17) is 4.74 Å². The fourth-order valence-electron chi connectivity index (χ4n) is 4.24. The first-order chi connectivity index (χ1) is 15.0. The number of aliphatic carboxylic acids is 1. The minimum absolute atomic E-state index is 0.0254. The Kier molecular flexibility index (Phi) is 6.67. The van der Waals surface area contributed by atoms with Crippen LogP contribution in [0.15, 0.2) is 11.6 Å². The molecule has 1 aromatic carbocycles. The van der Waals surface area contributed by atoms with Crippen molar-refractivity contribution in [1.29, 1.82) is 0 Å². The molecule has 0 aromatic heterocycles. The number of amides is 1. The van der Waals surface area contributed by atoms with E-state index in [1.807, 2.05) is 12.2 Å². The van der Waals surface area contributed by atoms with Crippen molar-refractivity contribution in [3.05, 3.63) is 39.5 Å². The van der Waals surface area contributed by atoms with Crippen LogP contribution in [0.25, 0.3) is 0 Å². The van der Waals surface area contributed by atoms with Crippen LogP contribution in [0.2, 0.25) is 0 Å².